The molecule has 1 heterocycles. The molecule has 0 saturated carbocycles. The zero-order valence-corrected chi connectivity index (χ0v) is 11.0. The van der Waals surface area contributed by atoms with Crippen molar-refractivity contribution >= 4 is 11.6 Å². The van der Waals surface area contributed by atoms with Crippen molar-refractivity contribution in [1.29, 1.82) is 0 Å². The zero-order chi connectivity index (χ0) is 13.8. The first-order chi connectivity index (χ1) is 9.21. The van der Waals surface area contributed by atoms with Crippen molar-refractivity contribution in [3.63, 3.8) is 0 Å². The van der Waals surface area contributed by atoms with Crippen LogP contribution in [0, 0.1) is 0 Å². The molecule has 6 heteroatoms. The van der Waals surface area contributed by atoms with E-state index in [1.807, 2.05) is 0 Å². The van der Waals surface area contributed by atoms with E-state index in [4.69, 9.17) is 19.3 Å². The number of hydrogen-bond donors (Lipinski definition) is 1. The summed E-state index contributed by atoms with van der Waals surface area (Å²) in [6, 6.07) is 5.23. The van der Waals surface area contributed by atoms with Gasteiger partial charge < -0.3 is 24.2 Å². The van der Waals surface area contributed by atoms with E-state index >= 15 is 0 Å². The van der Waals surface area contributed by atoms with Crippen LogP contribution in [0.5, 0.6) is 11.5 Å². The smallest absolute Gasteiger partial charge is 0.258 e. The van der Waals surface area contributed by atoms with Crippen molar-refractivity contribution in [2.45, 2.75) is 6.10 Å². The summed E-state index contributed by atoms with van der Waals surface area (Å²) in [4.78, 5) is 13.7. The number of benzene rings is 1. The molecule has 1 aliphatic heterocycles. The number of anilines is 1. The topological polar surface area (TPSA) is 68.2 Å². The van der Waals surface area contributed by atoms with Crippen molar-refractivity contribution in [3.8, 4) is 11.5 Å². The summed E-state index contributed by atoms with van der Waals surface area (Å²) in [6.45, 7) is 0.484. The summed E-state index contributed by atoms with van der Waals surface area (Å²) < 4.78 is 15.6. The van der Waals surface area contributed by atoms with E-state index in [1.165, 1.54) is 7.11 Å². The number of hydrogen-bond acceptors (Lipinski definition) is 5. The van der Waals surface area contributed by atoms with Crippen LogP contribution in [0.2, 0.25) is 0 Å². The Bertz CT molecular complexity index is 462. The van der Waals surface area contributed by atoms with Gasteiger partial charge >= 0.3 is 0 Å². The lowest BCUT2D eigenvalue weighted by atomic mass is 10.2. The summed E-state index contributed by atoms with van der Waals surface area (Å²) in [5.74, 6) is 0.934. The fraction of sp³-hybridized carbons (Fsp3) is 0.462. The van der Waals surface area contributed by atoms with E-state index in [0.717, 1.165) is 0 Å². The molecule has 1 fully saturated rings. The first-order valence-electron chi connectivity index (χ1n) is 5.97. The van der Waals surface area contributed by atoms with Gasteiger partial charge in [0.1, 0.15) is 11.5 Å². The molecule has 6 nitrogen and oxygen atoms in total. The number of amides is 1. The number of rotatable bonds is 4. The normalized spacial score (nSPS) is 19.4. The van der Waals surface area contributed by atoms with Crippen molar-refractivity contribution < 1.29 is 24.1 Å². The maximum absolute atomic E-state index is 12.1. The molecule has 2 rings (SSSR count). The second-order valence-electron chi connectivity index (χ2n) is 4.07. The average molecular weight is 267 g/mol. The molecular weight excluding hydrogens is 250 g/mol. The van der Waals surface area contributed by atoms with Gasteiger partial charge in [-0.25, -0.2) is 0 Å². The summed E-state index contributed by atoms with van der Waals surface area (Å²) in [5, 5.41) is 9.11. The Balaban J connectivity index is 2.32. The third kappa shape index (κ3) is 2.64. The zero-order valence-electron chi connectivity index (χ0n) is 11.0. The first-order valence-corrected chi connectivity index (χ1v) is 5.97. The number of ether oxygens (including phenoxy) is 3. The van der Waals surface area contributed by atoms with E-state index in [0.29, 0.717) is 30.3 Å². The van der Waals surface area contributed by atoms with Gasteiger partial charge in [-0.3, -0.25) is 4.79 Å². The van der Waals surface area contributed by atoms with E-state index in [-0.39, 0.29) is 12.5 Å². The van der Waals surface area contributed by atoms with Crippen molar-refractivity contribution in [2.24, 2.45) is 0 Å². The molecule has 1 amide bonds. The third-order valence-electron chi connectivity index (χ3n) is 3.02. The van der Waals surface area contributed by atoms with Crippen LogP contribution >= 0.6 is 0 Å². The minimum absolute atomic E-state index is 0.266. The highest BCUT2D eigenvalue weighted by Crippen LogP contribution is 2.33. The number of morpholine rings is 1. The number of aliphatic hydroxyl groups is 1. The summed E-state index contributed by atoms with van der Waals surface area (Å²) in [6.07, 6.45) is -0.805. The quantitative estimate of drug-likeness (QED) is 0.856. The molecule has 1 aromatic carbocycles. The minimum atomic E-state index is -0.805. The molecule has 1 aliphatic rings. The van der Waals surface area contributed by atoms with Gasteiger partial charge in [-0.1, -0.05) is 0 Å². The first kappa shape index (κ1) is 13.6. The Hall–Kier alpha value is -1.79. The fourth-order valence-corrected chi connectivity index (χ4v) is 2.02. The molecule has 1 unspecified atom stereocenters. The number of nitrogens with zero attached hydrogens (tertiary/aromatic N) is 1. The molecule has 1 N–H and O–H groups in total. The van der Waals surface area contributed by atoms with Gasteiger partial charge in [0.2, 0.25) is 0 Å². The molecule has 19 heavy (non-hydrogen) atoms. The molecule has 1 saturated heterocycles. The highest BCUT2D eigenvalue weighted by molar-refractivity contribution is 5.98. The van der Waals surface area contributed by atoms with Crippen LogP contribution in [0.4, 0.5) is 5.69 Å². The Morgan fingerprint density at radius 1 is 1.42 bits per heavy atom. The molecule has 1 atom stereocenters. The van der Waals surface area contributed by atoms with Crippen LogP contribution in [-0.2, 0) is 9.53 Å². The largest absolute Gasteiger partial charge is 0.497 e. The Kier molecular flexibility index (Phi) is 4.24. The van der Waals surface area contributed by atoms with Crippen LogP contribution in [0.15, 0.2) is 18.2 Å². The average Bonchev–Trinajstić information content (AvgIpc) is 2.47. The Morgan fingerprint density at radius 3 is 2.84 bits per heavy atom. The van der Waals surface area contributed by atoms with Gasteiger partial charge in [0.05, 0.1) is 33.1 Å². The van der Waals surface area contributed by atoms with E-state index in [9.17, 15) is 4.79 Å². The standard InChI is InChI=1S/C13H17NO5/c1-17-9-3-4-10(11(7-9)18-2)14-5-6-19-12(8-15)13(14)16/h3-4,7,12,15H,5-6,8H2,1-2H3. The molecule has 0 radical (unpaired) electrons. The lowest BCUT2D eigenvalue weighted by Gasteiger charge is -2.32. The van der Waals surface area contributed by atoms with Crippen LogP contribution in [0.25, 0.3) is 0 Å². The minimum Gasteiger partial charge on any atom is -0.497 e. The second-order valence-corrected chi connectivity index (χ2v) is 4.07. The molecule has 0 aliphatic carbocycles. The predicted octanol–water partition coefficient (Wildman–Crippen LogP) is 0.428. The molecule has 0 spiro atoms. The van der Waals surface area contributed by atoms with Gasteiger partial charge in [0, 0.05) is 12.6 Å². The Labute approximate surface area is 111 Å². The lowest BCUT2D eigenvalue weighted by molar-refractivity contribution is -0.136. The number of aliphatic hydroxyl groups excluding tert-OH is 1. The highest BCUT2D eigenvalue weighted by atomic mass is 16.5. The predicted molar refractivity (Wildman–Crippen MR) is 68.7 cm³/mol. The van der Waals surface area contributed by atoms with Gasteiger partial charge in [-0.2, -0.15) is 0 Å². The molecule has 104 valence electrons. The summed E-state index contributed by atoms with van der Waals surface area (Å²) in [7, 11) is 3.10. The highest BCUT2D eigenvalue weighted by Gasteiger charge is 2.31. The molecule has 0 bridgehead atoms. The van der Waals surface area contributed by atoms with Crippen LogP contribution in [-0.4, -0.2) is 51.1 Å². The van der Waals surface area contributed by atoms with Gasteiger partial charge in [0.25, 0.3) is 5.91 Å². The molecular formula is C13H17NO5. The van der Waals surface area contributed by atoms with Crippen molar-refractivity contribution in [1.82, 2.24) is 0 Å². The van der Waals surface area contributed by atoms with Gasteiger partial charge in [-0.15, -0.1) is 0 Å². The van der Waals surface area contributed by atoms with E-state index < -0.39 is 6.10 Å². The monoisotopic (exact) mass is 267 g/mol. The van der Waals surface area contributed by atoms with Crippen LogP contribution in [0.1, 0.15) is 0 Å². The summed E-state index contributed by atoms with van der Waals surface area (Å²) in [5.41, 5.74) is 0.648. The van der Waals surface area contributed by atoms with Crippen LogP contribution < -0.4 is 14.4 Å². The molecule has 0 aromatic heterocycles. The van der Waals surface area contributed by atoms with E-state index in [1.54, 1.807) is 30.2 Å². The number of methoxy groups -OCH3 is 2. The van der Waals surface area contributed by atoms with Gasteiger partial charge in [0.15, 0.2) is 6.10 Å². The summed E-state index contributed by atoms with van der Waals surface area (Å²) >= 11 is 0. The maximum atomic E-state index is 12.1. The van der Waals surface area contributed by atoms with Crippen molar-refractivity contribution in [2.75, 3.05) is 38.9 Å². The maximum Gasteiger partial charge on any atom is 0.258 e. The van der Waals surface area contributed by atoms with E-state index in [2.05, 4.69) is 0 Å². The second kappa shape index (κ2) is 5.90. The van der Waals surface area contributed by atoms with Crippen molar-refractivity contribution in [3.05, 3.63) is 18.2 Å². The van der Waals surface area contributed by atoms with Gasteiger partial charge in [-0.05, 0) is 12.1 Å². The number of carbonyl (C=O) groups excluding carboxylic acids is 1. The SMILES string of the molecule is COc1ccc(N2CCOC(CO)C2=O)c(OC)c1. The number of carbonyl (C=O) groups is 1. The fourth-order valence-electron chi connectivity index (χ4n) is 2.02. The Morgan fingerprint density at radius 2 is 2.21 bits per heavy atom. The lowest BCUT2D eigenvalue weighted by Crippen LogP contribution is -2.49. The van der Waals surface area contributed by atoms with Crippen LogP contribution in [0.3, 0.4) is 0 Å². The third-order valence-corrected chi connectivity index (χ3v) is 3.02. The molecule has 1 aromatic rings.